The first-order chi connectivity index (χ1) is 10.7. The number of para-hydroxylation sites is 2. The molecule has 1 aliphatic rings. The molecule has 2 aromatic carbocycles. The molecule has 0 bridgehead atoms. The lowest BCUT2D eigenvalue weighted by atomic mass is 10.1. The van der Waals surface area contributed by atoms with E-state index >= 15 is 0 Å². The van der Waals surface area contributed by atoms with Crippen LogP contribution in [0.5, 0.6) is 11.5 Å². The number of halogens is 1. The fourth-order valence-corrected chi connectivity index (χ4v) is 2.73. The van der Waals surface area contributed by atoms with E-state index in [-0.39, 0.29) is 12.0 Å². The average Bonchev–Trinajstić information content (AvgIpc) is 2.53. The minimum Gasteiger partial charge on any atom is -0.486 e. The standard InChI is InChI=1S/C17H16BrNO3/c18-13-5-3-4-12(8-13)9-17(20)19-10-14-11-21-15-6-1-2-7-16(15)22-14/h1-8,14H,9-11H2,(H,19,20). The molecule has 1 heterocycles. The Morgan fingerprint density at radius 3 is 2.82 bits per heavy atom. The second-order valence-corrected chi connectivity index (χ2v) is 6.02. The SMILES string of the molecule is O=C(Cc1cccc(Br)c1)NCC1COc2ccccc2O1. The predicted octanol–water partition coefficient (Wildman–Crippen LogP) is 2.95. The third-order valence-corrected chi connectivity index (χ3v) is 3.84. The number of carbonyl (C=O) groups is 1. The molecule has 22 heavy (non-hydrogen) atoms. The van der Waals surface area contributed by atoms with Gasteiger partial charge in [0.25, 0.3) is 0 Å². The summed E-state index contributed by atoms with van der Waals surface area (Å²) in [6.07, 6.45) is 0.185. The summed E-state index contributed by atoms with van der Waals surface area (Å²) in [6, 6.07) is 15.3. The average molecular weight is 362 g/mol. The van der Waals surface area contributed by atoms with Crippen LogP contribution in [0, 0.1) is 0 Å². The quantitative estimate of drug-likeness (QED) is 0.910. The van der Waals surface area contributed by atoms with Gasteiger partial charge in [-0.15, -0.1) is 0 Å². The molecule has 4 nitrogen and oxygen atoms in total. The van der Waals surface area contributed by atoms with E-state index in [4.69, 9.17) is 9.47 Å². The van der Waals surface area contributed by atoms with Gasteiger partial charge in [0.15, 0.2) is 11.5 Å². The van der Waals surface area contributed by atoms with Crippen molar-refractivity contribution in [2.75, 3.05) is 13.2 Å². The minimum absolute atomic E-state index is 0.0273. The van der Waals surface area contributed by atoms with Crippen molar-refractivity contribution in [3.8, 4) is 11.5 Å². The molecule has 0 aliphatic carbocycles. The molecule has 0 radical (unpaired) electrons. The van der Waals surface area contributed by atoms with Gasteiger partial charge in [0.05, 0.1) is 13.0 Å². The smallest absolute Gasteiger partial charge is 0.224 e. The van der Waals surface area contributed by atoms with E-state index in [1.165, 1.54) is 0 Å². The number of hydrogen-bond donors (Lipinski definition) is 1. The molecule has 5 heteroatoms. The molecule has 0 spiro atoms. The molecule has 1 amide bonds. The Hall–Kier alpha value is -2.01. The molecular weight excluding hydrogens is 346 g/mol. The van der Waals surface area contributed by atoms with Crippen LogP contribution in [-0.2, 0) is 11.2 Å². The maximum absolute atomic E-state index is 12.0. The van der Waals surface area contributed by atoms with Gasteiger partial charge in [0.1, 0.15) is 12.7 Å². The number of amides is 1. The molecule has 0 fully saturated rings. The van der Waals surface area contributed by atoms with Gasteiger partial charge in [0, 0.05) is 4.47 Å². The number of fused-ring (bicyclic) bond motifs is 1. The van der Waals surface area contributed by atoms with E-state index in [1.54, 1.807) is 0 Å². The molecule has 1 aliphatic heterocycles. The van der Waals surface area contributed by atoms with Crippen molar-refractivity contribution in [3.05, 3.63) is 58.6 Å². The van der Waals surface area contributed by atoms with E-state index < -0.39 is 0 Å². The largest absolute Gasteiger partial charge is 0.486 e. The van der Waals surface area contributed by atoms with E-state index in [2.05, 4.69) is 21.2 Å². The Labute approximate surface area is 137 Å². The number of carbonyl (C=O) groups excluding carboxylic acids is 1. The summed E-state index contributed by atoms with van der Waals surface area (Å²) in [4.78, 5) is 12.0. The summed E-state index contributed by atoms with van der Waals surface area (Å²) >= 11 is 3.40. The van der Waals surface area contributed by atoms with E-state index in [0.717, 1.165) is 21.5 Å². The van der Waals surface area contributed by atoms with Gasteiger partial charge in [0.2, 0.25) is 5.91 Å². The fraction of sp³-hybridized carbons (Fsp3) is 0.235. The van der Waals surface area contributed by atoms with Crippen molar-refractivity contribution in [2.24, 2.45) is 0 Å². The highest BCUT2D eigenvalue weighted by Gasteiger charge is 2.20. The zero-order valence-electron chi connectivity index (χ0n) is 11.9. The number of hydrogen-bond acceptors (Lipinski definition) is 3. The van der Waals surface area contributed by atoms with Gasteiger partial charge < -0.3 is 14.8 Å². The molecule has 1 unspecified atom stereocenters. The zero-order valence-corrected chi connectivity index (χ0v) is 13.5. The van der Waals surface area contributed by atoms with Crippen LogP contribution in [0.3, 0.4) is 0 Å². The molecule has 0 aromatic heterocycles. The van der Waals surface area contributed by atoms with Gasteiger partial charge in [-0.3, -0.25) is 4.79 Å². The fourth-order valence-electron chi connectivity index (χ4n) is 2.29. The molecule has 1 atom stereocenters. The van der Waals surface area contributed by atoms with E-state index in [1.807, 2.05) is 48.5 Å². The highest BCUT2D eigenvalue weighted by molar-refractivity contribution is 9.10. The Morgan fingerprint density at radius 2 is 2.00 bits per heavy atom. The highest BCUT2D eigenvalue weighted by atomic mass is 79.9. The Kier molecular flexibility index (Phi) is 4.63. The molecule has 114 valence electrons. The first kappa shape index (κ1) is 14.9. The van der Waals surface area contributed by atoms with Crippen molar-refractivity contribution in [1.29, 1.82) is 0 Å². The van der Waals surface area contributed by atoms with Gasteiger partial charge in [-0.1, -0.05) is 40.2 Å². The van der Waals surface area contributed by atoms with Gasteiger partial charge in [-0.05, 0) is 29.8 Å². The lowest BCUT2D eigenvalue weighted by molar-refractivity contribution is -0.120. The van der Waals surface area contributed by atoms with Crippen LogP contribution in [0.25, 0.3) is 0 Å². The summed E-state index contributed by atoms with van der Waals surface area (Å²) in [5.74, 6) is 1.44. The topological polar surface area (TPSA) is 47.6 Å². The Bertz CT molecular complexity index is 674. The number of benzene rings is 2. The van der Waals surface area contributed by atoms with Crippen LogP contribution in [0.1, 0.15) is 5.56 Å². The van der Waals surface area contributed by atoms with E-state index in [0.29, 0.717) is 19.6 Å². The summed E-state index contributed by atoms with van der Waals surface area (Å²) in [7, 11) is 0. The number of rotatable bonds is 4. The second kappa shape index (κ2) is 6.83. The molecule has 3 rings (SSSR count). The van der Waals surface area contributed by atoms with Crippen molar-refractivity contribution >= 4 is 21.8 Å². The monoisotopic (exact) mass is 361 g/mol. The van der Waals surface area contributed by atoms with E-state index in [9.17, 15) is 4.79 Å². The minimum atomic E-state index is -0.165. The molecule has 1 N–H and O–H groups in total. The first-order valence-electron chi connectivity index (χ1n) is 7.10. The van der Waals surface area contributed by atoms with Crippen LogP contribution in [-0.4, -0.2) is 25.2 Å². The Balaban J connectivity index is 1.50. The third-order valence-electron chi connectivity index (χ3n) is 3.35. The van der Waals surface area contributed by atoms with Gasteiger partial charge in [-0.2, -0.15) is 0 Å². The van der Waals surface area contributed by atoms with Gasteiger partial charge >= 0.3 is 0 Å². The van der Waals surface area contributed by atoms with Crippen molar-refractivity contribution in [2.45, 2.75) is 12.5 Å². The Morgan fingerprint density at radius 1 is 1.18 bits per heavy atom. The lowest BCUT2D eigenvalue weighted by Gasteiger charge is -2.26. The summed E-state index contributed by atoms with van der Waals surface area (Å²) in [5, 5.41) is 2.89. The summed E-state index contributed by atoms with van der Waals surface area (Å²) in [5.41, 5.74) is 0.970. The van der Waals surface area contributed by atoms with Gasteiger partial charge in [-0.25, -0.2) is 0 Å². The van der Waals surface area contributed by atoms with Crippen molar-refractivity contribution in [3.63, 3.8) is 0 Å². The summed E-state index contributed by atoms with van der Waals surface area (Å²) < 4.78 is 12.4. The first-order valence-corrected chi connectivity index (χ1v) is 7.89. The van der Waals surface area contributed by atoms with Crippen molar-refractivity contribution < 1.29 is 14.3 Å². The maximum Gasteiger partial charge on any atom is 0.224 e. The third kappa shape index (κ3) is 3.80. The van der Waals surface area contributed by atoms with Crippen LogP contribution in [0.4, 0.5) is 0 Å². The highest BCUT2D eigenvalue weighted by Crippen LogP contribution is 2.30. The maximum atomic E-state index is 12.0. The second-order valence-electron chi connectivity index (χ2n) is 5.11. The van der Waals surface area contributed by atoms with Crippen LogP contribution >= 0.6 is 15.9 Å². The normalized spacial score (nSPS) is 16.1. The number of nitrogens with one attached hydrogen (secondary N) is 1. The molecule has 2 aromatic rings. The van der Waals surface area contributed by atoms with Crippen LogP contribution < -0.4 is 14.8 Å². The molecule has 0 saturated heterocycles. The molecular formula is C17H16BrNO3. The van der Waals surface area contributed by atoms with Crippen LogP contribution in [0.15, 0.2) is 53.0 Å². The van der Waals surface area contributed by atoms with Crippen molar-refractivity contribution in [1.82, 2.24) is 5.32 Å². The zero-order chi connectivity index (χ0) is 15.4. The number of ether oxygens (including phenoxy) is 2. The lowest BCUT2D eigenvalue weighted by Crippen LogP contribution is -2.41. The van der Waals surface area contributed by atoms with Crippen LogP contribution in [0.2, 0.25) is 0 Å². The summed E-state index contributed by atoms with van der Waals surface area (Å²) in [6.45, 7) is 0.870. The molecule has 0 saturated carbocycles. The predicted molar refractivity (Wildman–Crippen MR) is 87.2 cm³/mol.